The van der Waals surface area contributed by atoms with Crippen LogP contribution in [0.25, 0.3) is 0 Å². The molecule has 0 bridgehead atoms. The number of methoxy groups -OCH3 is 1. The van der Waals surface area contributed by atoms with Gasteiger partial charge in [-0.15, -0.1) is 0 Å². The number of ether oxygens (including phenoxy) is 2. The summed E-state index contributed by atoms with van der Waals surface area (Å²) in [5.74, 6) is 0.186. The predicted molar refractivity (Wildman–Crippen MR) is 61.5 cm³/mol. The minimum atomic E-state index is -0.704. The van der Waals surface area contributed by atoms with E-state index in [4.69, 9.17) is 9.47 Å². The van der Waals surface area contributed by atoms with Crippen molar-refractivity contribution in [2.24, 2.45) is 0 Å². The summed E-state index contributed by atoms with van der Waals surface area (Å²) in [6.45, 7) is 2.40. The summed E-state index contributed by atoms with van der Waals surface area (Å²) in [4.78, 5) is 0. The van der Waals surface area contributed by atoms with Crippen molar-refractivity contribution in [1.29, 1.82) is 0 Å². The van der Waals surface area contributed by atoms with Gasteiger partial charge in [0.15, 0.2) is 0 Å². The van der Waals surface area contributed by atoms with E-state index in [1.165, 1.54) is 12.1 Å². The van der Waals surface area contributed by atoms with Crippen LogP contribution in [-0.4, -0.2) is 24.4 Å². The highest BCUT2D eigenvalue weighted by Gasteiger charge is 2.39. The first-order valence-corrected chi connectivity index (χ1v) is 5.76. The molecule has 0 radical (unpaired) electrons. The molecule has 3 nitrogen and oxygen atoms in total. The van der Waals surface area contributed by atoms with E-state index in [0.29, 0.717) is 24.3 Å². The molecule has 1 unspecified atom stereocenters. The largest absolute Gasteiger partial charge is 0.484 e. The van der Waals surface area contributed by atoms with Gasteiger partial charge in [-0.2, -0.15) is 0 Å². The summed E-state index contributed by atoms with van der Waals surface area (Å²) in [6, 6.07) is 4.23. The van der Waals surface area contributed by atoms with Crippen LogP contribution in [0, 0.1) is 5.82 Å². The third-order valence-corrected chi connectivity index (χ3v) is 3.27. The summed E-state index contributed by atoms with van der Waals surface area (Å²) in [5, 5.41) is 10.1. The summed E-state index contributed by atoms with van der Waals surface area (Å²) in [7, 11) is 1.60. The number of fused-ring (bicyclic) bond motifs is 1. The van der Waals surface area contributed by atoms with Gasteiger partial charge in [0.2, 0.25) is 0 Å². The second-order valence-corrected chi connectivity index (χ2v) is 4.47. The number of benzene rings is 1. The van der Waals surface area contributed by atoms with Gasteiger partial charge in [0.1, 0.15) is 17.2 Å². The third-order valence-electron chi connectivity index (χ3n) is 3.27. The van der Waals surface area contributed by atoms with Gasteiger partial charge in [0, 0.05) is 19.1 Å². The maximum Gasteiger partial charge on any atom is 0.135 e. The molecular formula is C13H17FO3. The minimum absolute atomic E-state index is 0.359. The zero-order chi connectivity index (χ0) is 12.5. The van der Waals surface area contributed by atoms with Gasteiger partial charge < -0.3 is 14.6 Å². The fourth-order valence-electron chi connectivity index (χ4n) is 2.28. The lowest BCUT2D eigenvalue weighted by molar-refractivity contribution is -0.0627. The molecule has 17 heavy (non-hydrogen) atoms. The molecule has 0 aromatic heterocycles. The van der Waals surface area contributed by atoms with Crippen LogP contribution in [0.1, 0.15) is 31.4 Å². The van der Waals surface area contributed by atoms with Crippen molar-refractivity contribution in [3.63, 3.8) is 0 Å². The number of aliphatic hydroxyl groups is 1. The standard InChI is InChI=1S/C13H17FO3/c1-3-13(8-16-2)7-11(15)10-6-9(14)4-5-12(10)17-13/h4-6,11,15H,3,7-8H2,1-2H3/t11-,13?/m1/s1. The van der Waals surface area contributed by atoms with Crippen molar-refractivity contribution in [3.8, 4) is 5.75 Å². The Morgan fingerprint density at radius 3 is 3.00 bits per heavy atom. The SMILES string of the molecule is CCC1(COC)C[C@@H](O)c2cc(F)ccc2O1. The van der Waals surface area contributed by atoms with Crippen LogP contribution in [0.3, 0.4) is 0 Å². The van der Waals surface area contributed by atoms with Crippen molar-refractivity contribution in [2.45, 2.75) is 31.5 Å². The van der Waals surface area contributed by atoms with Crippen LogP contribution < -0.4 is 4.74 Å². The molecule has 1 aliphatic rings. The highest BCUT2D eigenvalue weighted by Crippen LogP contribution is 2.41. The van der Waals surface area contributed by atoms with Crippen LogP contribution in [0.4, 0.5) is 4.39 Å². The van der Waals surface area contributed by atoms with Gasteiger partial charge in [-0.05, 0) is 24.6 Å². The van der Waals surface area contributed by atoms with Crippen LogP contribution >= 0.6 is 0 Å². The topological polar surface area (TPSA) is 38.7 Å². The lowest BCUT2D eigenvalue weighted by Gasteiger charge is -2.39. The predicted octanol–water partition coefficient (Wildman–Crippen LogP) is 2.44. The zero-order valence-electron chi connectivity index (χ0n) is 10.1. The Kier molecular flexibility index (Phi) is 3.35. The van der Waals surface area contributed by atoms with Crippen molar-refractivity contribution in [2.75, 3.05) is 13.7 Å². The van der Waals surface area contributed by atoms with Gasteiger partial charge in [-0.1, -0.05) is 6.92 Å². The maximum absolute atomic E-state index is 13.1. The number of aliphatic hydroxyl groups excluding tert-OH is 1. The Labute approximate surface area is 100 Å². The molecule has 94 valence electrons. The second-order valence-electron chi connectivity index (χ2n) is 4.47. The van der Waals surface area contributed by atoms with E-state index < -0.39 is 11.7 Å². The van der Waals surface area contributed by atoms with Crippen molar-refractivity contribution in [3.05, 3.63) is 29.6 Å². The highest BCUT2D eigenvalue weighted by atomic mass is 19.1. The monoisotopic (exact) mass is 240 g/mol. The Balaban J connectivity index is 2.35. The molecule has 1 heterocycles. The molecule has 0 aliphatic carbocycles. The highest BCUT2D eigenvalue weighted by molar-refractivity contribution is 5.38. The second kappa shape index (κ2) is 4.63. The Hall–Kier alpha value is -1.13. The quantitative estimate of drug-likeness (QED) is 0.882. The Bertz CT molecular complexity index is 408. The van der Waals surface area contributed by atoms with E-state index in [1.807, 2.05) is 6.92 Å². The lowest BCUT2D eigenvalue weighted by atomic mass is 9.87. The number of hydrogen-bond acceptors (Lipinski definition) is 3. The van der Waals surface area contributed by atoms with E-state index in [-0.39, 0.29) is 5.82 Å². The summed E-state index contributed by atoms with van der Waals surface area (Å²) in [6.07, 6.45) is 0.451. The van der Waals surface area contributed by atoms with E-state index >= 15 is 0 Å². The summed E-state index contributed by atoms with van der Waals surface area (Å²) < 4.78 is 24.1. The molecule has 1 aromatic rings. The molecular weight excluding hydrogens is 223 g/mol. The lowest BCUT2D eigenvalue weighted by Crippen LogP contribution is -2.44. The number of halogens is 1. The third kappa shape index (κ3) is 2.28. The zero-order valence-corrected chi connectivity index (χ0v) is 10.1. The van der Waals surface area contributed by atoms with Crippen LogP contribution in [0.5, 0.6) is 5.75 Å². The van der Waals surface area contributed by atoms with Crippen molar-refractivity contribution in [1.82, 2.24) is 0 Å². The van der Waals surface area contributed by atoms with Crippen molar-refractivity contribution >= 4 is 0 Å². The van der Waals surface area contributed by atoms with E-state index in [2.05, 4.69) is 0 Å². The van der Waals surface area contributed by atoms with Gasteiger partial charge in [0.25, 0.3) is 0 Å². The summed E-state index contributed by atoms with van der Waals surface area (Å²) in [5.41, 5.74) is 0.00380. The molecule has 1 aliphatic heterocycles. The van der Waals surface area contributed by atoms with Crippen molar-refractivity contribution < 1.29 is 19.0 Å². The smallest absolute Gasteiger partial charge is 0.135 e. The Morgan fingerprint density at radius 1 is 1.59 bits per heavy atom. The fourth-order valence-corrected chi connectivity index (χ4v) is 2.28. The minimum Gasteiger partial charge on any atom is -0.484 e. The first-order chi connectivity index (χ1) is 8.10. The maximum atomic E-state index is 13.1. The summed E-state index contributed by atoms with van der Waals surface area (Å²) >= 11 is 0. The average molecular weight is 240 g/mol. The number of rotatable bonds is 3. The van der Waals surface area contributed by atoms with E-state index in [9.17, 15) is 9.50 Å². The molecule has 0 fully saturated rings. The van der Waals surface area contributed by atoms with Gasteiger partial charge >= 0.3 is 0 Å². The van der Waals surface area contributed by atoms with E-state index in [0.717, 1.165) is 6.42 Å². The van der Waals surface area contributed by atoms with Crippen LogP contribution in [0.2, 0.25) is 0 Å². The van der Waals surface area contributed by atoms with Gasteiger partial charge in [-0.3, -0.25) is 0 Å². The van der Waals surface area contributed by atoms with Gasteiger partial charge in [0.05, 0.1) is 12.7 Å². The van der Waals surface area contributed by atoms with Crippen LogP contribution in [0.15, 0.2) is 18.2 Å². The molecule has 4 heteroatoms. The molecule has 2 rings (SSSR count). The fraction of sp³-hybridized carbons (Fsp3) is 0.538. The molecule has 0 saturated heterocycles. The number of hydrogen-bond donors (Lipinski definition) is 1. The van der Waals surface area contributed by atoms with E-state index in [1.54, 1.807) is 13.2 Å². The molecule has 0 amide bonds. The molecule has 0 spiro atoms. The molecule has 1 aromatic carbocycles. The first-order valence-electron chi connectivity index (χ1n) is 5.76. The molecule has 2 atom stereocenters. The normalized spacial score (nSPS) is 27.4. The molecule has 0 saturated carbocycles. The molecule has 1 N–H and O–H groups in total. The first kappa shape index (κ1) is 12.3. The van der Waals surface area contributed by atoms with Gasteiger partial charge in [-0.25, -0.2) is 4.39 Å². The Morgan fingerprint density at radius 2 is 2.35 bits per heavy atom. The average Bonchev–Trinajstić information content (AvgIpc) is 2.31. The van der Waals surface area contributed by atoms with Crippen LogP contribution in [-0.2, 0) is 4.74 Å².